The molecule has 4 heteroatoms. The molecule has 0 fully saturated rings. The van der Waals surface area contributed by atoms with Crippen LogP contribution < -0.4 is 0 Å². The maximum absolute atomic E-state index is 8.89. The molecule has 1 nitrogen and oxygen atoms in total. The number of aromatic hydroxyl groups is 1. The number of halogens is 2. The van der Waals surface area contributed by atoms with Gasteiger partial charge in [-0.15, -0.1) is 0 Å². The summed E-state index contributed by atoms with van der Waals surface area (Å²) in [4.78, 5) is 0. The number of phenolic OH excluding ortho intramolecular Hbond substituents is 1. The number of phenols is 1. The Morgan fingerprint density at radius 2 is 2.00 bits per heavy atom. The van der Waals surface area contributed by atoms with Crippen LogP contribution in [-0.2, 0) is 0 Å². The zero-order chi connectivity index (χ0) is 6.85. The number of benzene rings is 1. The summed E-state index contributed by atoms with van der Waals surface area (Å²) in [6, 6.07) is 4.89. The number of rotatable bonds is 0. The first-order valence-corrected chi connectivity index (χ1v) is 3.51. The molecule has 50 valence electrons. The molecule has 0 atom stereocenters. The van der Waals surface area contributed by atoms with Gasteiger partial charge in [-0.2, -0.15) is 0 Å². The van der Waals surface area contributed by atoms with E-state index in [4.69, 9.17) is 16.7 Å². The molecule has 0 spiro atoms. The van der Waals surface area contributed by atoms with Crippen molar-refractivity contribution in [3.8, 4) is 5.75 Å². The van der Waals surface area contributed by atoms with Crippen LogP contribution in [0.15, 0.2) is 22.7 Å². The third kappa shape index (κ3) is 2.81. The van der Waals surface area contributed by atoms with Gasteiger partial charge in [-0.3, -0.25) is 0 Å². The molecule has 0 aliphatic carbocycles. The fourth-order valence-electron chi connectivity index (χ4n) is 0.481. The van der Waals surface area contributed by atoms with Crippen LogP contribution >= 0.6 is 27.5 Å². The van der Waals surface area contributed by atoms with Crippen molar-refractivity contribution in [3.05, 3.63) is 27.7 Å². The van der Waals surface area contributed by atoms with Crippen molar-refractivity contribution in [2.45, 2.75) is 0 Å². The second-order valence-corrected chi connectivity index (χ2v) is 2.92. The minimum absolute atomic E-state index is 0. The van der Waals surface area contributed by atoms with Crippen molar-refractivity contribution in [3.63, 3.8) is 0 Å². The van der Waals surface area contributed by atoms with E-state index in [0.29, 0.717) is 5.02 Å². The van der Waals surface area contributed by atoms with Crippen molar-refractivity contribution in [1.82, 2.24) is 0 Å². The molecule has 0 unspecified atom stereocenters. The molecule has 1 N–H and O–H groups in total. The molecule has 0 saturated heterocycles. The second kappa shape index (κ2) is 4.62. The van der Waals surface area contributed by atoms with Gasteiger partial charge in [-0.25, -0.2) is 0 Å². The Morgan fingerprint density at radius 1 is 1.40 bits per heavy atom. The molecule has 10 heavy (non-hydrogen) atoms. The van der Waals surface area contributed by atoms with Gasteiger partial charge < -0.3 is 5.11 Å². The molecule has 1 aromatic carbocycles. The molecule has 0 radical (unpaired) electrons. The van der Waals surface area contributed by atoms with E-state index in [1.54, 1.807) is 12.1 Å². The fraction of sp³-hybridized carbons (Fsp3) is 0. The van der Waals surface area contributed by atoms with Gasteiger partial charge >= 0.3 is 29.6 Å². The van der Waals surface area contributed by atoms with Crippen LogP contribution in [0.4, 0.5) is 0 Å². The molecule has 0 aliphatic heterocycles. The second-order valence-electron chi connectivity index (χ2n) is 1.60. The molecule has 1 rings (SSSR count). The maximum atomic E-state index is 8.89. The number of hydrogen-bond donors (Lipinski definition) is 1. The molecular weight excluding hydrogens is 226 g/mol. The average Bonchev–Trinajstić information content (AvgIpc) is 1.80. The van der Waals surface area contributed by atoms with Gasteiger partial charge in [0.15, 0.2) is 0 Å². The Labute approximate surface area is 94.8 Å². The number of hydrogen-bond acceptors (Lipinski definition) is 1. The van der Waals surface area contributed by atoms with Crippen molar-refractivity contribution >= 4 is 57.1 Å². The summed E-state index contributed by atoms with van der Waals surface area (Å²) in [6.45, 7) is 0. The molecule has 0 aromatic heterocycles. The van der Waals surface area contributed by atoms with Gasteiger partial charge in [0.2, 0.25) is 0 Å². The Morgan fingerprint density at radius 3 is 2.40 bits per heavy atom. The van der Waals surface area contributed by atoms with E-state index in [2.05, 4.69) is 15.9 Å². The Hall–Kier alpha value is 0.790. The van der Waals surface area contributed by atoms with Crippen LogP contribution in [-0.4, -0.2) is 34.7 Å². The Balaban J connectivity index is 0.000000810. The van der Waals surface area contributed by atoms with Crippen LogP contribution in [0.5, 0.6) is 5.75 Å². The quantitative estimate of drug-likeness (QED) is 0.679. The van der Waals surface area contributed by atoms with Crippen LogP contribution in [0, 0.1) is 0 Å². The minimum atomic E-state index is 0. The zero-order valence-electron chi connectivity index (χ0n) is 4.44. The van der Waals surface area contributed by atoms with E-state index in [-0.39, 0.29) is 35.3 Å². The summed E-state index contributed by atoms with van der Waals surface area (Å²) in [5.41, 5.74) is 0. The topological polar surface area (TPSA) is 20.2 Å². The summed E-state index contributed by atoms with van der Waals surface area (Å²) in [5.74, 6) is 0.111. The van der Waals surface area contributed by atoms with Crippen molar-refractivity contribution < 1.29 is 5.11 Å². The monoisotopic (exact) mass is 230 g/mol. The molecule has 0 aliphatic rings. The van der Waals surface area contributed by atoms with Crippen molar-refractivity contribution in [2.75, 3.05) is 0 Å². The first-order chi connectivity index (χ1) is 4.20. The van der Waals surface area contributed by atoms with Gasteiger partial charge in [0.1, 0.15) is 5.75 Å². The van der Waals surface area contributed by atoms with Crippen molar-refractivity contribution in [2.24, 2.45) is 0 Å². The third-order valence-corrected chi connectivity index (χ3v) is 1.71. The third-order valence-electron chi connectivity index (χ3n) is 0.910. The molecule has 0 amide bonds. The van der Waals surface area contributed by atoms with E-state index in [0.717, 1.165) is 4.47 Å². The summed E-state index contributed by atoms with van der Waals surface area (Å²) < 4.78 is 0.866. The molecule has 0 bridgehead atoms. The van der Waals surface area contributed by atoms with Crippen LogP contribution in [0.3, 0.4) is 0 Å². The first kappa shape index (κ1) is 10.8. The fourth-order valence-corrected chi connectivity index (χ4v) is 1.15. The summed E-state index contributed by atoms with van der Waals surface area (Å²) in [6.07, 6.45) is 0. The van der Waals surface area contributed by atoms with E-state index >= 15 is 0 Å². The van der Waals surface area contributed by atoms with Gasteiger partial charge in [0, 0.05) is 4.47 Å². The summed E-state index contributed by atoms with van der Waals surface area (Å²) in [5, 5.41) is 9.26. The summed E-state index contributed by atoms with van der Waals surface area (Å²) >= 11 is 8.73. The molecule has 1 aromatic rings. The van der Waals surface area contributed by atoms with Gasteiger partial charge in [0.25, 0.3) is 0 Å². The normalized spacial score (nSPS) is 8.60. The molecule has 0 saturated carbocycles. The zero-order valence-corrected chi connectivity index (χ0v) is 6.78. The Bertz CT molecular complexity index is 229. The Kier molecular flexibility index (Phi) is 4.99. The first-order valence-electron chi connectivity index (χ1n) is 2.34. The standard InChI is InChI=1S/C6H4BrClO.Na.H/c7-4-1-2-6(9)5(8)3-4;;/h1-3,9H;;. The molecule has 0 heterocycles. The average molecular weight is 231 g/mol. The molecular formula is C6H5BrClNaO. The van der Waals surface area contributed by atoms with E-state index in [1.165, 1.54) is 6.07 Å². The van der Waals surface area contributed by atoms with Crippen LogP contribution in [0.25, 0.3) is 0 Å². The predicted molar refractivity (Wildman–Crippen MR) is 48.0 cm³/mol. The van der Waals surface area contributed by atoms with Gasteiger partial charge in [-0.05, 0) is 18.2 Å². The summed E-state index contributed by atoms with van der Waals surface area (Å²) in [7, 11) is 0. The van der Waals surface area contributed by atoms with E-state index in [1.807, 2.05) is 0 Å². The van der Waals surface area contributed by atoms with Gasteiger partial charge in [-0.1, -0.05) is 27.5 Å². The van der Waals surface area contributed by atoms with Crippen molar-refractivity contribution in [1.29, 1.82) is 0 Å². The van der Waals surface area contributed by atoms with Crippen LogP contribution in [0.1, 0.15) is 0 Å². The van der Waals surface area contributed by atoms with E-state index < -0.39 is 0 Å². The SMILES string of the molecule is Oc1ccc(Br)cc1Cl.[NaH]. The van der Waals surface area contributed by atoms with Crippen LogP contribution in [0.2, 0.25) is 5.02 Å². The van der Waals surface area contributed by atoms with Gasteiger partial charge in [0.05, 0.1) is 5.02 Å². The predicted octanol–water partition coefficient (Wildman–Crippen LogP) is 2.16. The van der Waals surface area contributed by atoms with E-state index in [9.17, 15) is 0 Å².